The van der Waals surface area contributed by atoms with E-state index in [1.165, 1.54) is 29.5 Å². The summed E-state index contributed by atoms with van der Waals surface area (Å²) in [5.74, 6) is 0.186. The fourth-order valence-electron chi connectivity index (χ4n) is 6.74. The summed E-state index contributed by atoms with van der Waals surface area (Å²) < 4.78 is 5.67. The van der Waals surface area contributed by atoms with Crippen LogP contribution in [-0.2, 0) is 10.2 Å². The summed E-state index contributed by atoms with van der Waals surface area (Å²) >= 11 is 0. The minimum atomic E-state index is -0.413. The molecule has 1 aliphatic heterocycles. The van der Waals surface area contributed by atoms with Gasteiger partial charge in [0.05, 0.1) is 6.54 Å². The van der Waals surface area contributed by atoms with Gasteiger partial charge in [0, 0.05) is 17.3 Å². The topological polar surface area (TPSA) is 74.6 Å². The number of furan rings is 1. The molecule has 1 aromatic heterocycles. The van der Waals surface area contributed by atoms with Crippen molar-refractivity contribution in [1.29, 1.82) is 0 Å². The summed E-state index contributed by atoms with van der Waals surface area (Å²) in [5.41, 5.74) is 4.02. The van der Waals surface area contributed by atoms with E-state index in [1.807, 2.05) is 36.4 Å². The standard InChI is InChI=1S/C39H41N3O3/c43-37(28-40-38(44)36-27-32-15-10-11-20-35(32)45-36)41-29-39(33-16-6-2-7-17-33,34-18-8-3-9-19-34)23-12-24-42-25-21-31(22-26-42)30-13-4-1-5-14-30/h1-11,13-20,27,31H,12,21-26,28-29H2,(H,40,44)(H,41,43). The van der Waals surface area contributed by atoms with Crippen molar-refractivity contribution >= 4 is 22.8 Å². The van der Waals surface area contributed by atoms with Gasteiger partial charge in [-0.1, -0.05) is 109 Å². The van der Waals surface area contributed by atoms with E-state index in [-0.39, 0.29) is 18.2 Å². The maximum absolute atomic E-state index is 13.2. The Balaban J connectivity index is 1.11. The number of carbonyl (C=O) groups excluding carboxylic acids is 2. The van der Waals surface area contributed by atoms with Crippen LogP contribution in [0, 0.1) is 0 Å². The van der Waals surface area contributed by atoms with E-state index in [0.29, 0.717) is 18.0 Å². The molecule has 45 heavy (non-hydrogen) atoms. The highest BCUT2D eigenvalue weighted by molar-refractivity contribution is 5.97. The van der Waals surface area contributed by atoms with Gasteiger partial charge in [-0.2, -0.15) is 0 Å². The third-order valence-electron chi connectivity index (χ3n) is 9.24. The normalized spacial score (nSPS) is 14.3. The van der Waals surface area contributed by atoms with Gasteiger partial charge in [0.2, 0.25) is 5.91 Å². The van der Waals surface area contributed by atoms with Gasteiger partial charge >= 0.3 is 0 Å². The summed E-state index contributed by atoms with van der Waals surface area (Å²) in [4.78, 5) is 28.5. The number of carbonyl (C=O) groups is 2. The lowest BCUT2D eigenvalue weighted by Gasteiger charge is -2.37. The number of para-hydroxylation sites is 1. The van der Waals surface area contributed by atoms with Crippen LogP contribution in [0.5, 0.6) is 0 Å². The van der Waals surface area contributed by atoms with Crippen LogP contribution in [0.3, 0.4) is 0 Å². The van der Waals surface area contributed by atoms with E-state index in [9.17, 15) is 9.59 Å². The van der Waals surface area contributed by atoms with Crippen LogP contribution in [0.4, 0.5) is 0 Å². The Bertz CT molecular complexity index is 1600. The molecule has 230 valence electrons. The summed E-state index contributed by atoms with van der Waals surface area (Å²) in [5, 5.41) is 6.74. The Morgan fingerprint density at radius 3 is 2.00 bits per heavy atom. The molecule has 2 N–H and O–H groups in total. The van der Waals surface area contributed by atoms with Crippen molar-refractivity contribution in [3.05, 3.63) is 144 Å². The summed E-state index contributed by atoms with van der Waals surface area (Å²) in [6.45, 7) is 3.52. The van der Waals surface area contributed by atoms with E-state index in [2.05, 4.69) is 94.4 Å². The number of likely N-dealkylation sites (tertiary alicyclic amines) is 1. The molecular formula is C39H41N3O3. The molecule has 5 aromatic rings. The molecule has 0 atom stereocenters. The lowest BCUT2D eigenvalue weighted by molar-refractivity contribution is -0.120. The van der Waals surface area contributed by atoms with Crippen LogP contribution < -0.4 is 10.6 Å². The third kappa shape index (κ3) is 7.35. The molecule has 1 fully saturated rings. The van der Waals surface area contributed by atoms with Crippen molar-refractivity contribution < 1.29 is 14.0 Å². The lowest BCUT2D eigenvalue weighted by Crippen LogP contribution is -2.45. The zero-order valence-corrected chi connectivity index (χ0v) is 25.7. The second-order valence-electron chi connectivity index (χ2n) is 12.1. The van der Waals surface area contributed by atoms with Crippen molar-refractivity contribution in [2.45, 2.75) is 37.0 Å². The Morgan fingerprint density at radius 1 is 0.756 bits per heavy atom. The van der Waals surface area contributed by atoms with Gasteiger partial charge in [-0.25, -0.2) is 0 Å². The number of piperidine rings is 1. The minimum Gasteiger partial charge on any atom is -0.451 e. The van der Waals surface area contributed by atoms with E-state index in [0.717, 1.165) is 37.9 Å². The van der Waals surface area contributed by atoms with Crippen molar-refractivity contribution in [1.82, 2.24) is 15.5 Å². The summed E-state index contributed by atoms with van der Waals surface area (Å²) in [7, 11) is 0. The van der Waals surface area contributed by atoms with E-state index in [4.69, 9.17) is 4.42 Å². The van der Waals surface area contributed by atoms with Crippen LogP contribution in [0.15, 0.2) is 126 Å². The van der Waals surface area contributed by atoms with Gasteiger partial charge in [-0.05, 0) is 80.1 Å². The van der Waals surface area contributed by atoms with Crippen LogP contribution in [0.1, 0.15) is 58.8 Å². The molecule has 6 rings (SSSR count). The molecule has 2 amide bonds. The fraction of sp³-hybridized carbons (Fsp3) is 0.282. The number of hydrogen-bond acceptors (Lipinski definition) is 4. The van der Waals surface area contributed by atoms with Gasteiger partial charge in [0.25, 0.3) is 5.91 Å². The number of fused-ring (bicyclic) bond motifs is 1. The Kier molecular flexibility index (Phi) is 9.71. The molecule has 6 nitrogen and oxygen atoms in total. The molecule has 0 bridgehead atoms. The second kappa shape index (κ2) is 14.4. The van der Waals surface area contributed by atoms with E-state index >= 15 is 0 Å². The number of nitrogens with zero attached hydrogens (tertiary/aromatic N) is 1. The van der Waals surface area contributed by atoms with Gasteiger partial charge in [0.15, 0.2) is 5.76 Å². The number of benzene rings is 4. The molecule has 6 heteroatoms. The van der Waals surface area contributed by atoms with Crippen molar-refractivity contribution in [2.75, 3.05) is 32.7 Å². The summed E-state index contributed by atoms with van der Waals surface area (Å²) in [6.07, 6.45) is 4.24. The quantitative estimate of drug-likeness (QED) is 0.163. The smallest absolute Gasteiger partial charge is 0.287 e. The highest BCUT2D eigenvalue weighted by Gasteiger charge is 2.35. The van der Waals surface area contributed by atoms with Crippen molar-refractivity contribution in [3.8, 4) is 0 Å². The van der Waals surface area contributed by atoms with Crippen LogP contribution in [0.25, 0.3) is 11.0 Å². The number of hydrogen-bond donors (Lipinski definition) is 2. The fourth-order valence-corrected chi connectivity index (χ4v) is 6.74. The zero-order valence-electron chi connectivity index (χ0n) is 25.7. The molecule has 0 unspecified atom stereocenters. The number of rotatable bonds is 12. The third-order valence-corrected chi connectivity index (χ3v) is 9.24. The molecule has 0 aliphatic carbocycles. The lowest BCUT2D eigenvalue weighted by atomic mass is 9.71. The highest BCUT2D eigenvalue weighted by atomic mass is 16.3. The van der Waals surface area contributed by atoms with Gasteiger partial charge < -0.3 is 20.0 Å². The predicted molar refractivity (Wildman–Crippen MR) is 179 cm³/mol. The number of amides is 2. The average molecular weight is 600 g/mol. The maximum Gasteiger partial charge on any atom is 0.287 e. The minimum absolute atomic E-state index is 0.133. The molecule has 2 heterocycles. The van der Waals surface area contributed by atoms with E-state index in [1.54, 1.807) is 6.07 Å². The first-order valence-corrected chi connectivity index (χ1v) is 16.0. The van der Waals surface area contributed by atoms with E-state index < -0.39 is 11.3 Å². The SMILES string of the molecule is O=C(CNC(=O)c1cc2ccccc2o1)NCC(CCCN1CCC(c2ccccc2)CC1)(c1ccccc1)c1ccccc1. The first kappa shape index (κ1) is 30.4. The van der Waals surface area contributed by atoms with Gasteiger partial charge in [-0.15, -0.1) is 0 Å². The van der Waals surface area contributed by atoms with Crippen LogP contribution >= 0.6 is 0 Å². The first-order valence-electron chi connectivity index (χ1n) is 16.0. The van der Waals surface area contributed by atoms with Crippen LogP contribution in [0.2, 0.25) is 0 Å². The molecule has 0 saturated carbocycles. The Labute approximate surface area is 265 Å². The van der Waals surface area contributed by atoms with Crippen molar-refractivity contribution in [3.63, 3.8) is 0 Å². The van der Waals surface area contributed by atoms with Crippen molar-refractivity contribution in [2.24, 2.45) is 0 Å². The molecule has 4 aromatic carbocycles. The molecular weight excluding hydrogens is 558 g/mol. The molecule has 0 radical (unpaired) electrons. The van der Waals surface area contributed by atoms with Gasteiger partial charge in [0.1, 0.15) is 5.58 Å². The Morgan fingerprint density at radius 2 is 1.36 bits per heavy atom. The molecule has 0 spiro atoms. The molecule has 1 aliphatic rings. The zero-order chi connectivity index (χ0) is 30.9. The predicted octanol–water partition coefficient (Wildman–Crippen LogP) is 6.92. The first-order chi connectivity index (χ1) is 22.1. The Hall–Kier alpha value is -4.68. The highest BCUT2D eigenvalue weighted by Crippen LogP contribution is 2.37. The summed E-state index contributed by atoms with van der Waals surface area (Å²) in [6, 6.07) is 41.0. The number of nitrogens with one attached hydrogen (secondary N) is 2. The molecule has 1 saturated heterocycles. The van der Waals surface area contributed by atoms with Crippen LogP contribution in [-0.4, -0.2) is 49.4 Å². The largest absolute Gasteiger partial charge is 0.451 e. The maximum atomic E-state index is 13.2. The average Bonchev–Trinajstić information content (AvgIpc) is 3.55. The second-order valence-corrected chi connectivity index (χ2v) is 12.1. The van der Waals surface area contributed by atoms with Gasteiger partial charge in [-0.3, -0.25) is 9.59 Å². The monoisotopic (exact) mass is 599 g/mol.